The highest BCUT2D eigenvalue weighted by Gasteiger charge is 2.25. The van der Waals surface area contributed by atoms with Crippen LogP contribution < -0.4 is 5.73 Å². The van der Waals surface area contributed by atoms with Crippen LogP contribution in [0.1, 0.15) is 30.9 Å². The minimum Gasteiger partial charge on any atom is -0.324 e. The standard InChI is InChI=1S/C11H13BrFN.ClH/c12-9-3-1-2-8(11(9)13)10(14)6-7-4-5-7;/h1-3,7,10H,4-6,14H2;1H/t10-;/m0./s1. The molecular formula is C11H14BrClFN. The Bertz CT molecular complexity index is 341. The monoisotopic (exact) mass is 293 g/mol. The van der Waals surface area contributed by atoms with Gasteiger partial charge in [0, 0.05) is 11.6 Å². The van der Waals surface area contributed by atoms with Crippen LogP contribution in [0.3, 0.4) is 0 Å². The minimum absolute atomic E-state index is 0. The van der Waals surface area contributed by atoms with E-state index in [-0.39, 0.29) is 24.3 Å². The van der Waals surface area contributed by atoms with Gasteiger partial charge in [0.15, 0.2) is 0 Å². The zero-order chi connectivity index (χ0) is 10.1. The molecule has 1 aliphatic rings. The van der Waals surface area contributed by atoms with E-state index < -0.39 is 0 Å². The Labute approximate surface area is 104 Å². The lowest BCUT2D eigenvalue weighted by Gasteiger charge is -2.12. The lowest BCUT2D eigenvalue weighted by atomic mass is 10.0. The van der Waals surface area contributed by atoms with Gasteiger partial charge < -0.3 is 5.73 Å². The fourth-order valence-electron chi connectivity index (χ4n) is 1.65. The average Bonchev–Trinajstić information content (AvgIpc) is 2.93. The Balaban J connectivity index is 0.00000112. The van der Waals surface area contributed by atoms with Crippen molar-refractivity contribution >= 4 is 28.3 Å². The number of hydrogen-bond donors (Lipinski definition) is 1. The van der Waals surface area contributed by atoms with Gasteiger partial charge in [0.2, 0.25) is 0 Å². The van der Waals surface area contributed by atoms with Gasteiger partial charge in [0.1, 0.15) is 5.82 Å². The number of benzene rings is 1. The summed E-state index contributed by atoms with van der Waals surface area (Å²) in [7, 11) is 0. The molecule has 0 saturated heterocycles. The van der Waals surface area contributed by atoms with Crippen molar-refractivity contribution in [1.82, 2.24) is 0 Å². The molecule has 1 aromatic rings. The van der Waals surface area contributed by atoms with Crippen LogP contribution in [-0.2, 0) is 0 Å². The topological polar surface area (TPSA) is 26.0 Å². The molecule has 15 heavy (non-hydrogen) atoms. The van der Waals surface area contributed by atoms with E-state index in [1.165, 1.54) is 12.8 Å². The number of rotatable bonds is 3. The van der Waals surface area contributed by atoms with Crippen molar-refractivity contribution < 1.29 is 4.39 Å². The molecule has 0 aromatic heterocycles. The van der Waals surface area contributed by atoms with E-state index in [0.29, 0.717) is 10.0 Å². The Morgan fingerprint density at radius 2 is 2.13 bits per heavy atom. The summed E-state index contributed by atoms with van der Waals surface area (Å²) in [6, 6.07) is 5.14. The smallest absolute Gasteiger partial charge is 0.142 e. The molecule has 1 aliphatic carbocycles. The lowest BCUT2D eigenvalue weighted by Crippen LogP contribution is -2.13. The molecule has 1 saturated carbocycles. The first-order valence-electron chi connectivity index (χ1n) is 4.88. The van der Waals surface area contributed by atoms with E-state index in [1.54, 1.807) is 12.1 Å². The van der Waals surface area contributed by atoms with Crippen LogP contribution in [0.25, 0.3) is 0 Å². The van der Waals surface area contributed by atoms with Crippen LogP contribution in [-0.4, -0.2) is 0 Å². The fraction of sp³-hybridized carbons (Fsp3) is 0.455. The third kappa shape index (κ3) is 3.16. The van der Waals surface area contributed by atoms with Crippen molar-refractivity contribution in [2.24, 2.45) is 11.7 Å². The molecule has 1 nitrogen and oxygen atoms in total. The maximum atomic E-state index is 13.6. The van der Waals surface area contributed by atoms with Crippen molar-refractivity contribution in [1.29, 1.82) is 0 Å². The van der Waals surface area contributed by atoms with Gasteiger partial charge in [-0.15, -0.1) is 12.4 Å². The van der Waals surface area contributed by atoms with Gasteiger partial charge in [-0.25, -0.2) is 4.39 Å². The lowest BCUT2D eigenvalue weighted by molar-refractivity contribution is 0.539. The van der Waals surface area contributed by atoms with Crippen LogP contribution in [0.15, 0.2) is 22.7 Å². The van der Waals surface area contributed by atoms with Crippen LogP contribution >= 0.6 is 28.3 Å². The zero-order valence-electron chi connectivity index (χ0n) is 8.25. The predicted octanol–water partition coefficient (Wildman–Crippen LogP) is 3.81. The summed E-state index contributed by atoms with van der Waals surface area (Å²) in [6.07, 6.45) is 3.42. The van der Waals surface area contributed by atoms with Gasteiger partial charge in [-0.2, -0.15) is 0 Å². The molecule has 0 amide bonds. The largest absolute Gasteiger partial charge is 0.324 e. The van der Waals surface area contributed by atoms with Crippen LogP contribution in [0.2, 0.25) is 0 Å². The van der Waals surface area contributed by atoms with Crippen LogP contribution in [0.4, 0.5) is 4.39 Å². The first-order valence-corrected chi connectivity index (χ1v) is 5.67. The zero-order valence-corrected chi connectivity index (χ0v) is 10.7. The van der Waals surface area contributed by atoms with Gasteiger partial charge in [-0.1, -0.05) is 25.0 Å². The highest BCUT2D eigenvalue weighted by atomic mass is 79.9. The Morgan fingerprint density at radius 1 is 1.47 bits per heavy atom. The van der Waals surface area contributed by atoms with Crippen molar-refractivity contribution in [3.8, 4) is 0 Å². The number of nitrogens with two attached hydrogens (primary N) is 1. The van der Waals surface area contributed by atoms with Gasteiger partial charge in [0.25, 0.3) is 0 Å². The SMILES string of the molecule is Cl.N[C@@H](CC1CC1)c1cccc(Br)c1F. The highest BCUT2D eigenvalue weighted by Crippen LogP contribution is 2.37. The fourth-order valence-corrected chi connectivity index (χ4v) is 2.03. The van der Waals surface area contributed by atoms with E-state index in [2.05, 4.69) is 15.9 Å². The molecule has 0 unspecified atom stereocenters. The van der Waals surface area contributed by atoms with Crippen LogP contribution in [0.5, 0.6) is 0 Å². The average molecular weight is 295 g/mol. The van der Waals surface area contributed by atoms with Gasteiger partial charge in [-0.05, 0) is 34.3 Å². The predicted molar refractivity (Wildman–Crippen MR) is 65.6 cm³/mol. The molecule has 1 atom stereocenters. The molecule has 2 rings (SSSR count). The van der Waals surface area contributed by atoms with Crippen molar-refractivity contribution in [3.05, 3.63) is 34.1 Å². The molecule has 1 fully saturated rings. The third-order valence-electron chi connectivity index (χ3n) is 2.67. The summed E-state index contributed by atoms with van der Waals surface area (Å²) in [6.45, 7) is 0. The molecule has 1 aromatic carbocycles. The van der Waals surface area contributed by atoms with E-state index in [9.17, 15) is 4.39 Å². The van der Waals surface area contributed by atoms with E-state index in [0.717, 1.165) is 12.3 Å². The molecule has 0 aliphatic heterocycles. The van der Waals surface area contributed by atoms with Gasteiger partial charge >= 0.3 is 0 Å². The summed E-state index contributed by atoms with van der Waals surface area (Å²) < 4.78 is 14.1. The maximum Gasteiger partial charge on any atom is 0.142 e. The summed E-state index contributed by atoms with van der Waals surface area (Å²) >= 11 is 3.17. The van der Waals surface area contributed by atoms with E-state index in [4.69, 9.17) is 5.73 Å². The molecule has 2 N–H and O–H groups in total. The second kappa shape index (κ2) is 5.28. The maximum absolute atomic E-state index is 13.6. The summed E-state index contributed by atoms with van der Waals surface area (Å²) in [5, 5.41) is 0. The molecule has 0 spiro atoms. The Kier molecular flexibility index (Phi) is 4.56. The van der Waals surface area contributed by atoms with Gasteiger partial charge in [0.05, 0.1) is 4.47 Å². The van der Waals surface area contributed by atoms with E-state index >= 15 is 0 Å². The molecule has 0 heterocycles. The third-order valence-corrected chi connectivity index (χ3v) is 3.28. The van der Waals surface area contributed by atoms with Gasteiger partial charge in [-0.3, -0.25) is 0 Å². The molecule has 0 radical (unpaired) electrons. The number of halogens is 3. The molecular weight excluding hydrogens is 280 g/mol. The summed E-state index contributed by atoms with van der Waals surface area (Å²) in [5.74, 6) is 0.518. The quantitative estimate of drug-likeness (QED) is 0.901. The highest BCUT2D eigenvalue weighted by molar-refractivity contribution is 9.10. The first kappa shape index (κ1) is 12.9. The van der Waals surface area contributed by atoms with Crippen molar-refractivity contribution in [2.45, 2.75) is 25.3 Å². The number of hydrogen-bond acceptors (Lipinski definition) is 1. The minimum atomic E-state index is -0.208. The molecule has 84 valence electrons. The molecule has 0 bridgehead atoms. The summed E-state index contributed by atoms with van der Waals surface area (Å²) in [4.78, 5) is 0. The second-order valence-electron chi connectivity index (χ2n) is 3.93. The van der Waals surface area contributed by atoms with Crippen molar-refractivity contribution in [2.75, 3.05) is 0 Å². The Morgan fingerprint density at radius 3 is 2.73 bits per heavy atom. The first-order chi connectivity index (χ1) is 6.68. The normalized spacial score (nSPS) is 17.0. The summed E-state index contributed by atoms with van der Waals surface area (Å²) in [5.41, 5.74) is 6.58. The van der Waals surface area contributed by atoms with E-state index in [1.807, 2.05) is 6.07 Å². The molecule has 4 heteroatoms. The van der Waals surface area contributed by atoms with Crippen LogP contribution in [0, 0.1) is 11.7 Å². The van der Waals surface area contributed by atoms with Crippen molar-refractivity contribution in [3.63, 3.8) is 0 Å². The Hall–Kier alpha value is -0.120. The second-order valence-corrected chi connectivity index (χ2v) is 4.78.